The van der Waals surface area contributed by atoms with Crippen LogP contribution in [0.25, 0.3) is 22.3 Å². The van der Waals surface area contributed by atoms with Crippen LogP contribution >= 0.6 is 0 Å². The van der Waals surface area contributed by atoms with E-state index in [4.69, 9.17) is 9.97 Å². The zero-order valence-electron chi connectivity index (χ0n) is 18.8. The number of aromatic amines is 1. The van der Waals surface area contributed by atoms with Gasteiger partial charge in [0, 0.05) is 54.2 Å². The van der Waals surface area contributed by atoms with E-state index in [1.54, 1.807) is 29.3 Å². The zero-order chi connectivity index (χ0) is 23.7. The second-order valence-corrected chi connectivity index (χ2v) is 8.52. The summed E-state index contributed by atoms with van der Waals surface area (Å²) in [6.07, 6.45) is 2.24. The van der Waals surface area contributed by atoms with Crippen molar-refractivity contribution >= 4 is 22.6 Å². The lowest BCUT2D eigenvalue weighted by Crippen LogP contribution is -2.52. The zero-order valence-corrected chi connectivity index (χ0v) is 18.8. The Balaban J connectivity index is 0.00000160. The number of hydrogen-bond donors (Lipinski definition) is 3. The third-order valence-electron chi connectivity index (χ3n) is 6.12. The Morgan fingerprint density at radius 1 is 1.15 bits per heavy atom. The van der Waals surface area contributed by atoms with E-state index >= 15 is 0 Å². The highest BCUT2D eigenvalue weighted by Crippen LogP contribution is 2.32. The molecule has 0 aliphatic carbocycles. The molecule has 0 radical (unpaired) electrons. The number of aliphatic hydroxyl groups excluding tert-OH is 1. The number of piperazine rings is 1. The van der Waals surface area contributed by atoms with Crippen LogP contribution in [0, 0.1) is 6.92 Å². The van der Waals surface area contributed by atoms with E-state index in [9.17, 15) is 15.0 Å². The Hall–Kier alpha value is -3.98. The summed E-state index contributed by atoms with van der Waals surface area (Å²) in [5.41, 5.74) is 3.18. The quantitative estimate of drug-likeness (QED) is 0.415. The van der Waals surface area contributed by atoms with Crippen LogP contribution in [0.3, 0.4) is 0 Å². The first-order chi connectivity index (χ1) is 16.5. The largest absolute Gasteiger partial charge is 0.507 e. The maximum absolute atomic E-state index is 12.8. The number of aromatic hydroxyl groups is 1. The number of carbonyl (C=O) groups excluding carboxylic acids is 1. The van der Waals surface area contributed by atoms with E-state index in [1.165, 1.54) is 6.33 Å². The average molecular weight is 465 g/mol. The maximum Gasteiger partial charge on any atom is 0.251 e. The third-order valence-corrected chi connectivity index (χ3v) is 6.12. The number of imidazole rings is 1. The number of fused-ring (bicyclic) bond motifs is 1. The lowest BCUT2D eigenvalue weighted by molar-refractivity contribution is -0.140. The van der Waals surface area contributed by atoms with Crippen molar-refractivity contribution in [2.75, 3.05) is 31.1 Å². The lowest BCUT2D eigenvalue weighted by Gasteiger charge is -2.36. The molecule has 3 N–H and O–H groups in total. The highest BCUT2D eigenvalue weighted by Gasteiger charge is 2.28. The van der Waals surface area contributed by atoms with Crippen molar-refractivity contribution in [1.29, 1.82) is 0 Å². The van der Waals surface area contributed by atoms with Crippen molar-refractivity contribution in [2.45, 2.75) is 19.4 Å². The van der Waals surface area contributed by atoms with Crippen molar-refractivity contribution in [2.24, 2.45) is 0 Å². The fraction of sp³-hybridized carbons (Fsp3) is 0.280. The molecule has 180 valence electrons. The molecular formula is C25H32N6O3. The van der Waals surface area contributed by atoms with E-state index in [0.717, 1.165) is 28.0 Å². The first-order valence-corrected chi connectivity index (χ1v) is 11.3. The standard InChI is InChI=1S/C25H26N6O3.3H2/c1-16-6-7-18-20(12-16)28-23(19-4-2-3-5-21(19)32)29-24(18)30-8-10-31(11-9-30)25(34)22(33)13-17-14-26-15-27-17;;;/h2-7,12,14-15,22,32-33H,8-11,13H2,1H3,(H,26,27);3*1H/t22-;;;/m1.../s1. The minimum atomic E-state index is -1.11. The minimum Gasteiger partial charge on any atom is -0.507 e. The van der Waals surface area contributed by atoms with Gasteiger partial charge in [0.15, 0.2) is 5.82 Å². The molecule has 1 aliphatic heterocycles. The van der Waals surface area contributed by atoms with Crippen molar-refractivity contribution in [3.63, 3.8) is 0 Å². The number of carbonyl (C=O) groups is 1. The molecule has 3 heterocycles. The molecule has 2 aromatic heterocycles. The molecule has 9 heteroatoms. The van der Waals surface area contributed by atoms with Gasteiger partial charge in [-0.1, -0.05) is 18.2 Å². The fourth-order valence-electron chi connectivity index (χ4n) is 4.29. The van der Waals surface area contributed by atoms with Crippen LogP contribution in [0.2, 0.25) is 0 Å². The van der Waals surface area contributed by atoms with Gasteiger partial charge in [-0.3, -0.25) is 4.79 Å². The van der Waals surface area contributed by atoms with Crippen LogP contribution in [0.15, 0.2) is 55.0 Å². The normalized spacial score (nSPS) is 15.0. The number of anilines is 1. The van der Waals surface area contributed by atoms with Crippen LogP contribution < -0.4 is 4.90 Å². The average Bonchev–Trinajstić information content (AvgIpc) is 3.36. The highest BCUT2D eigenvalue weighted by atomic mass is 16.3. The van der Waals surface area contributed by atoms with Crippen molar-refractivity contribution in [3.05, 3.63) is 66.2 Å². The second kappa shape index (κ2) is 9.11. The molecule has 1 saturated heterocycles. The van der Waals surface area contributed by atoms with E-state index in [1.807, 2.05) is 31.2 Å². The van der Waals surface area contributed by atoms with Gasteiger partial charge in [0.05, 0.1) is 17.4 Å². The van der Waals surface area contributed by atoms with E-state index in [2.05, 4.69) is 14.9 Å². The third kappa shape index (κ3) is 4.29. The molecule has 0 spiro atoms. The topological polar surface area (TPSA) is 118 Å². The summed E-state index contributed by atoms with van der Waals surface area (Å²) in [7, 11) is 0. The molecule has 9 nitrogen and oxygen atoms in total. The van der Waals surface area contributed by atoms with Gasteiger partial charge < -0.3 is 25.0 Å². The number of nitrogens with zero attached hydrogens (tertiary/aromatic N) is 5. The van der Waals surface area contributed by atoms with Crippen molar-refractivity contribution in [3.8, 4) is 17.1 Å². The molecule has 0 saturated carbocycles. The number of para-hydroxylation sites is 1. The number of hydrogen-bond acceptors (Lipinski definition) is 7. The monoisotopic (exact) mass is 464 g/mol. The van der Waals surface area contributed by atoms with Gasteiger partial charge in [-0.2, -0.15) is 0 Å². The molecule has 1 amide bonds. The Morgan fingerprint density at radius 2 is 1.94 bits per heavy atom. The predicted octanol–water partition coefficient (Wildman–Crippen LogP) is 3.02. The number of H-pyrrole nitrogens is 1. The summed E-state index contributed by atoms with van der Waals surface area (Å²) in [5, 5.41) is 21.7. The number of phenols is 1. The molecule has 1 aliphatic rings. The molecule has 4 aromatic rings. The van der Waals surface area contributed by atoms with E-state index in [-0.39, 0.29) is 22.4 Å². The van der Waals surface area contributed by atoms with Gasteiger partial charge in [-0.15, -0.1) is 0 Å². The van der Waals surface area contributed by atoms with E-state index in [0.29, 0.717) is 37.6 Å². The number of amides is 1. The van der Waals surface area contributed by atoms with Crippen LogP contribution in [-0.4, -0.2) is 73.2 Å². The second-order valence-electron chi connectivity index (χ2n) is 8.52. The van der Waals surface area contributed by atoms with Crippen molar-refractivity contribution in [1.82, 2.24) is 24.8 Å². The first-order valence-electron chi connectivity index (χ1n) is 11.3. The molecule has 34 heavy (non-hydrogen) atoms. The van der Waals surface area contributed by atoms with Crippen molar-refractivity contribution < 1.29 is 19.3 Å². The fourth-order valence-corrected chi connectivity index (χ4v) is 4.29. The summed E-state index contributed by atoms with van der Waals surface area (Å²) in [6.45, 7) is 4.11. The van der Waals surface area contributed by atoms with E-state index < -0.39 is 6.10 Å². The SMILES string of the molecule is Cc1ccc2c(N3CCN(C(=O)[C@H](O)Cc4cnc[nH]4)CC3)nc(-c3ccccc3O)nc2c1.[HH].[HH].[HH]. The van der Waals surface area contributed by atoms with Crippen LogP contribution in [0.1, 0.15) is 15.5 Å². The number of phenolic OH excluding ortho intramolecular Hbond substituents is 1. The number of rotatable bonds is 5. The van der Waals surface area contributed by atoms with Crippen LogP contribution in [0.5, 0.6) is 5.75 Å². The Bertz CT molecular complexity index is 1330. The number of aryl methyl sites for hydroxylation is 1. The Kier molecular flexibility index (Phi) is 5.85. The lowest BCUT2D eigenvalue weighted by atomic mass is 10.1. The summed E-state index contributed by atoms with van der Waals surface area (Å²) >= 11 is 0. The molecule has 1 fully saturated rings. The van der Waals surface area contributed by atoms with Gasteiger partial charge in [-0.25, -0.2) is 15.0 Å². The molecule has 1 atom stereocenters. The van der Waals surface area contributed by atoms with Crippen LogP contribution in [0.4, 0.5) is 5.82 Å². The number of benzene rings is 2. The highest BCUT2D eigenvalue weighted by molar-refractivity contribution is 5.92. The molecular weight excluding hydrogens is 432 g/mol. The molecule has 0 bridgehead atoms. The molecule has 0 unspecified atom stereocenters. The first kappa shape index (κ1) is 21.8. The van der Waals surface area contributed by atoms with Crippen LogP contribution in [-0.2, 0) is 11.2 Å². The maximum atomic E-state index is 12.8. The number of aromatic nitrogens is 4. The summed E-state index contributed by atoms with van der Waals surface area (Å²) in [6, 6.07) is 13.1. The summed E-state index contributed by atoms with van der Waals surface area (Å²) in [5.74, 6) is 1.07. The molecule has 2 aromatic carbocycles. The molecule has 5 rings (SSSR count). The summed E-state index contributed by atoms with van der Waals surface area (Å²) in [4.78, 5) is 33.0. The smallest absolute Gasteiger partial charge is 0.251 e. The number of aliphatic hydroxyl groups is 1. The summed E-state index contributed by atoms with van der Waals surface area (Å²) < 4.78 is 0. The van der Waals surface area contributed by atoms with Gasteiger partial charge >= 0.3 is 0 Å². The minimum absolute atomic E-state index is 0. The van der Waals surface area contributed by atoms with Gasteiger partial charge in [0.2, 0.25) is 0 Å². The Labute approximate surface area is 201 Å². The predicted molar refractivity (Wildman–Crippen MR) is 135 cm³/mol. The number of nitrogens with one attached hydrogen (secondary N) is 1. The van der Waals surface area contributed by atoms with Gasteiger partial charge in [0.25, 0.3) is 5.91 Å². The van der Waals surface area contributed by atoms with Gasteiger partial charge in [0.1, 0.15) is 17.7 Å². The Morgan fingerprint density at radius 3 is 2.68 bits per heavy atom. The van der Waals surface area contributed by atoms with Gasteiger partial charge in [-0.05, 0) is 36.8 Å².